The first-order valence-corrected chi connectivity index (χ1v) is 6.96. The Kier molecular flexibility index (Phi) is 5.71. The maximum Gasteiger partial charge on any atom is 0.341 e. The van der Waals surface area contributed by atoms with Crippen molar-refractivity contribution in [2.24, 2.45) is 5.10 Å². The number of carboxylic acid groups (broad SMARTS) is 1. The summed E-state index contributed by atoms with van der Waals surface area (Å²) in [5.41, 5.74) is 3.52. The summed E-state index contributed by atoms with van der Waals surface area (Å²) in [4.78, 5) is 22.2. The highest BCUT2D eigenvalue weighted by Crippen LogP contribution is 2.11. The molecule has 118 valence electrons. The Bertz CT molecular complexity index is 729. The second-order valence-corrected chi connectivity index (χ2v) is 4.90. The first-order valence-electron chi connectivity index (χ1n) is 6.58. The van der Waals surface area contributed by atoms with Crippen LogP contribution in [0.25, 0.3) is 0 Å². The fraction of sp³-hybridized carbons (Fsp3) is 0.0625. The second kappa shape index (κ2) is 7.95. The molecule has 0 unspecified atom stereocenters. The number of carbonyl (C=O) groups excluding carboxylic acids is 1. The van der Waals surface area contributed by atoms with E-state index in [0.717, 1.165) is 5.56 Å². The van der Waals surface area contributed by atoms with Crippen LogP contribution < -0.4 is 10.2 Å². The SMILES string of the molecule is O=C(O)COc1ccc(/C=N\NC(=O)c2cccc(Cl)c2)cc1. The Balaban J connectivity index is 1.90. The van der Waals surface area contributed by atoms with E-state index in [0.29, 0.717) is 16.3 Å². The van der Waals surface area contributed by atoms with Crippen molar-refractivity contribution < 1.29 is 19.4 Å². The Hall–Kier alpha value is -2.86. The second-order valence-electron chi connectivity index (χ2n) is 4.46. The van der Waals surface area contributed by atoms with Crippen LogP contribution in [0.15, 0.2) is 53.6 Å². The van der Waals surface area contributed by atoms with E-state index in [4.69, 9.17) is 21.4 Å². The molecule has 0 radical (unpaired) electrons. The van der Waals surface area contributed by atoms with Crippen LogP contribution in [-0.2, 0) is 4.79 Å². The number of ether oxygens (including phenoxy) is 1. The van der Waals surface area contributed by atoms with E-state index in [1.165, 1.54) is 6.21 Å². The van der Waals surface area contributed by atoms with Crippen molar-refractivity contribution in [1.82, 2.24) is 5.43 Å². The van der Waals surface area contributed by atoms with Gasteiger partial charge >= 0.3 is 5.97 Å². The molecule has 0 bridgehead atoms. The van der Waals surface area contributed by atoms with Crippen LogP contribution in [-0.4, -0.2) is 29.8 Å². The fourth-order valence-corrected chi connectivity index (χ4v) is 1.85. The molecule has 6 nitrogen and oxygen atoms in total. The Morgan fingerprint density at radius 2 is 1.96 bits per heavy atom. The van der Waals surface area contributed by atoms with Crippen LogP contribution in [0.3, 0.4) is 0 Å². The summed E-state index contributed by atoms with van der Waals surface area (Å²) < 4.78 is 5.01. The molecule has 2 N–H and O–H groups in total. The smallest absolute Gasteiger partial charge is 0.341 e. The number of benzene rings is 2. The zero-order valence-electron chi connectivity index (χ0n) is 11.9. The lowest BCUT2D eigenvalue weighted by Gasteiger charge is -2.03. The quantitative estimate of drug-likeness (QED) is 0.628. The molecule has 2 rings (SSSR count). The van der Waals surface area contributed by atoms with Crippen LogP contribution in [0.4, 0.5) is 0 Å². The third-order valence-electron chi connectivity index (χ3n) is 2.71. The van der Waals surface area contributed by atoms with Crippen LogP contribution >= 0.6 is 11.6 Å². The molecule has 23 heavy (non-hydrogen) atoms. The highest BCUT2D eigenvalue weighted by molar-refractivity contribution is 6.30. The van der Waals surface area contributed by atoms with Gasteiger partial charge in [-0.2, -0.15) is 5.10 Å². The van der Waals surface area contributed by atoms with Crippen LogP contribution in [0.5, 0.6) is 5.75 Å². The van der Waals surface area contributed by atoms with Gasteiger partial charge in [-0.25, -0.2) is 10.2 Å². The minimum Gasteiger partial charge on any atom is -0.482 e. The predicted octanol–water partition coefficient (Wildman–Crippen LogP) is 2.57. The molecule has 0 saturated heterocycles. The Labute approximate surface area is 137 Å². The number of hydrogen-bond acceptors (Lipinski definition) is 4. The van der Waals surface area contributed by atoms with Crippen molar-refractivity contribution in [1.29, 1.82) is 0 Å². The van der Waals surface area contributed by atoms with Gasteiger partial charge in [0.15, 0.2) is 6.61 Å². The lowest BCUT2D eigenvalue weighted by atomic mass is 10.2. The van der Waals surface area contributed by atoms with E-state index in [9.17, 15) is 9.59 Å². The first kappa shape index (κ1) is 16.5. The molecule has 0 aliphatic carbocycles. The van der Waals surface area contributed by atoms with Gasteiger partial charge in [-0.05, 0) is 48.0 Å². The topological polar surface area (TPSA) is 88.0 Å². The van der Waals surface area contributed by atoms with Crippen LogP contribution in [0.1, 0.15) is 15.9 Å². The highest BCUT2D eigenvalue weighted by atomic mass is 35.5. The lowest BCUT2D eigenvalue weighted by Crippen LogP contribution is -2.17. The summed E-state index contributed by atoms with van der Waals surface area (Å²) in [5.74, 6) is -0.975. The van der Waals surface area contributed by atoms with Crippen molar-refractivity contribution >= 4 is 29.7 Å². The normalized spacial score (nSPS) is 10.5. The highest BCUT2D eigenvalue weighted by Gasteiger charge is 2.04. The summed E-state index contributed by atoms with van der Waals surface area (Å²) in [6.07, 6.45) is 1.46. The van der Waals surface area contributed by atoms with Crippen LogP contribution in [0.2, 0.25) is 5.02 Å². The molecule has 0 heterocycles. The molecule has 2 aromatic carbocycles. The lowest BCUT2D eigenvalue weighted by molar-refractivity contribution is -0.139. The summed E-state index contributed by atoms with van der Waals surface area (Å²) in [6, 6.07) is 13.1. The molecular weight excluding hydrogens is 320 g/mol. The van der Waals surface area contributed by atoms with Gasteiger partial charge in [0.1, 0.15) is 5.75 Å². The van der Waals surface area contributed by atoms with E-state index >= 15 is 0 Å². The Morgan fingerprint density at radius 1 is 1.22 bits per heavy atom. The molecule has 1 amide bonds. The average molecular weight is 333 g/mol. The third kappa shape index (κ3) is 5.44. The van der Waals surface area contributed by atoms with Crippen molar-refractivity contribution in [2.45, 2.75) is 0 Å². The zero-order valence-corrected chi connectivity index (χ0v) is 12.7. The van der Waals surface area contributed by atoms with Crippen LogP contribution in [0, 0.1) is 0 Å². The molecule has 0 saturated carbocycles. The monoisotopic (exact) mass is 332 g/mol. The predicted molar refractivity (Wildman–Crippen MR) is 86.1 cm³/mol. The molecule has 0 aliphatic heterocycles. The summed E-state index contributed by atoms with van der Waals surface area (Å²) in [5, 5.41) is 12.8. The number of carbonyl (C=O) groups is 2. The molecule has 0 aliphatic rings. The summed E-state index contributed by atoms with van der Waals surface area (Å²) >= 11 is 5.81. The third-order valence-corrected chi connectivity index (χ3v) is 2.94. The molecule has 0 fully saturated rings. The maximum absolute atomic E-state index is 11.8. The largest absolute Gasteiger partial charge is 0.482 e. The Morgan fingerprint density at radius 3 is 2.61 bits per heavy atom. The molecule has 7 heteroatoms. The van der Waals surface area contributed by atoms with E-state index in [2.05, 4.69) is 10.5 Å². The number of rotatable bonds is 6. The molecule has 2 aromatic rings. The summed E-state index contributed by atoms with van der Waals surface area (Å²) in [7, 11) is 0. The van der Waals surface area contributed by atoms with Crippen molar-refractivity contribution in [3.05, 3.63) is 64.7 Å². The average Bonchev–Trinajstić information content (AvgIpc) is 2.54. The molecule has 0 aromatic heterocycles. The minimum atomic E-state index is -1.04. The molecule has 0 atom stereocenters. The van der Waals surface area contributed by atoms with E-state index < -0.39 is 12.6 Å². The minimum absolute atomic E-state index is 0.370. The van der Waals surface area contributed by atoms with Gasteiger partial charge < -0.3 is 9.84 Å². The standard InChI is InChI=1S/C16H13ClN2O4/c17-13-3-1-2-12(8-13)16(22)19-18-9-11-4-6-14(7-5-11)23-10-15(20)21/h1-9H,10H2,(H,19,22)(H,20,21)/b18-9-. The number of halogens is 1. The van der Waals surface area contributed by atoms with Gasteiger partial charge in [-0.15, -0.1) is 0 Å². The number of nitrogens with one attached hydrogen (secondary N) is 1. The van der Waals surface area contributed by atoms with Crippen molar-refractivity contribution in [3.8, 4) is 5.75 Å². The molecule has 0 spiro atoms. The zero-order chi connectivity index (χ0) is 16.7. The number of carboxylic acids is 1. The van der Waals surface area contributed by atoms with Gasteiger partial charge in [0, 0.05) is 10.6 Å². The van der Waals surface area contributed by atoms with Gasteiger partial charge in [0.25, 0.3) is 5.91 Å². The van der Waals surface area contributed by atoms with Gasteiger partial charge in [-0.3, -0.25) is 4.79 Å². The van der Waals surface area contributed by atoms with Gasteiger partial charge in [0.05, 0.1) is 6.21 Å². The number of hydrazone groups is 1. The number of nitrogens with zero attached hydrogens (tertiary/aromatic N) is 1. The number of amides is 1. The van der Waals surface area contributed by atoms with Crippen molar-refractivity contribution in [3.63, 3.8) is 0 Å². The molecular formula is C16H13ClN2O4. The van der Waals surface area contributed by atoms with Gasteiger partial charge in [0.2, 0.25) is 0 Å². The van der Waals surface area contributed by atoms with Gasteiger partial charge in [-0.1, -0.05) is 17.7 Å². The summed E-state index contributed by atoms with van der Waals surface area (Å²) in [6.45, 7) is -0.400. The fourth-order valence-electron chi connectivity index (χ4n) is 1.65. The first-order chi connectivity index (χ1) is 11.0. The van der Waals surface area contributed by atoms with E-state index in [-0.39, 0.29) is 5.91 Å². The number of hydrogen-bond donors (Lipinski definition) is 2. The maximum atomic E-state index is 11.8. The van der Waals surface area contributed by atoms with E-state index in [1.54, 1.807) is 48.5 Å². The van der Waals surface area contributed by atoms with Crippen molar-refractivity contribution in [2.75, 3.05) is 6.61 Å². The van der Waals surface area contributed by atoms with E-state index in [1.807, 2.05) is 0 Å². The number of aliphatic carboxylic acids is 1.